The molecule has 0 spiro atoms. The van der Waals surface area contributed by atoms with Crippen LogP contribution < -0.4 is 29.1 Å². The Morgan fingerprint density at radius 2 is 1.75 bits per heavy atom. The lowest BCUT2D eigenvalue weighted by molar-refractivity contribution is -0.136. The molecule has 9 nitrogen and oxygen atoms in total. The van der Waals surface area contributed by atoms with Crippen LogP contribution in [0.4, 0.5) is 0 Å². The number of allylic oxidation sites excluding steroid dienone is 1. The van der Waals surface area contributed by atoms with E-state index in [9.17, 15) is 14.4 Å². The van der Waals surface area contributed by atoms with Crippen LogP contribution in [0.2, 0.25) is 0 Å². The molecule has 0 aliphatic carbocycles. The second kappa shape index (κ2) is 10.2. The SMILES string of the molecule is COC(=O)C1=C(C)N=c2s/c(=C/c3ccc(OC)cc3)c(=O)n2[C@H]1c1ccc(OC(C)=O)c(OC)c1. The van der Waals surface area contributed by atoms with E-state index in [-0.39, 0.29) is 22.6 Å². The molecule has 10 heteroatoms. The monoisotopic (exact) mass is 508 g/mol. The highest BCUT2D eigenvalue weighted by Crippen LogP contribution is 2.36. The maximum Gasteiger partial charge on any atom is 0.338 e. The Balaban J connectivity index is 1.93. The molecule has 1 aliphatic rings. The smallest absolute Gasteiger partial charge is 0.338 e. The number of nitrogens with zero attached hydrogens (tertiary/aromatic N) is 2. The van der Waals surface area contributed by atoms with Crippen molar-refractivity contribution in [3.63, 3.8) is 0 Å². The van der Waals surface area contributed by atoms with Gasteiger partial charge in [0.25, 0.3) is 5.56 Å². The van der Waals surface area contributed by atoms with Crippen LogP contribution in [0, 0.1) is 0 Å². The number of fused-ring (bicyclic) bond motifs is 1. The fourth-order valence-electron chi connectivity index (χ4n) is 3.95. The van der Waals surface area contributed by atoms with Crippen LogP contribution in [-0.2, 0) is 14.3 Å². The number of benzene rings is 2. The highest BCUT2D eigenvalue weighted by atomic mass is 32.1. The number of aromatic nitrogens is 1. The van der Waals surface area contributed by atoms with Crippen molar-refractivity contribution >= 4 is 29.4 Å². The topological polar surface area (TPSA) is 105 Å². The van der Waals surface area contributed by atoms with Crippen molar-refractivity contribution in [2.24, 2.45) is 4.99 Å². The first-order valence-electron chi connectivity index (χ1n) is 10.9. The van der Waals surface area contributed by atoms with Crippen LogP contribution in [-0.4, -0.2) is 37.8 Å². The third-order valence-electron chi connectivity index (χ3n) is 5.60. The molecule has 0 saturated heterocycles. The quantitative estimate of drug-likeness (QED) is 0.372. The molecule has 1 aromatic heterocycles. The number of carbonyl (C=O) groups is 2. The molecule has 0 saturated carbocycles. The van der Waals surface area contributed by atoms with Gasteiger partial charge in [0.05, 0.1) is 43.2 Å². The minimum absolute atomic E-state index is 0.223. The highest BCUT2D eigenvalue weighted by molar-refractivity contribution is 7.07. The summed E-state index contributed by atoms with van der Waals surface area (Å²) in [6.45, 7) is 2.99. The van der Waals surface area contributed by atoms with Crippen molar-refractivity contribution in [3.05, 3.63) is 84.5 Å². The average Bonchev–Trinajstić information content (AvgIpc) is 3.17. The first-order valence-corrected chi connectivity index (χ1v) is 11.7. The van der Waals surface area contributed by atoms with E-state index >= 15 is 0 Å². The van der Waals surface area contributed by atoms with Gasteiger partial charge in [0, 0.05) is 6.92 Å². The third kappa shape index (κ3) is 4.67. The lowest BCUT2D eigenvalue weighted by Crippen LogP contribution is -2.39. The Hall–Kier alpha value is -4.18. The summed E-state index contributed by atoms with van der Waals surface area (Å²) in [5.41, 5.74) is 1.73. The molecule has 2 heterocycles. The molecule has 0 unspecified atom stereocenters. The maximum absolute atomic E-state index is 13.6. The molecule has 0 amide bonds. The van der Waals surface area contributed by atoms with Crippen LogP contribution in [0.3, 0.4) is 0 Å². The Morgan fingerprint density at radius 1 is 1.03 bits per heavy atom. The summed E-state index contributed by atoms with van der Waals surface area (Å²) in [5, 5.41) is 0. The predicted molar refractivity (Wildman–Crippen MR) is 133 cm³/mol. The van der Waals surface area contributed by atoms with Crippen LogP contribution in [0.25, 0.3) is 6.08 Å². The Bertz CT molecular complexity index is 1550. The zero-order valence-electron chi connectivity index (χ0n) is 20.4. The van der Waals surface area contributed by atoms with Crippen molar-refractivity contribution < 1.29 is 28.5 Å². The van der Waals surface area contributed by atoms with Gasteiger partial charge in [0.15, 0.2) is 16.3 Å². The zero-order valence-corrected chi connectivity index (χ0v) is 21.2. The minimum atomic E-state index is -0.827. The van der Waals surface area contributed by atoms with Gasteiger partial charge in [0.2, 0.25) is 0 Å². The van der Waals surface area contributed by atoms with Gasteiger partial charge in [-0.3, -0.25) is 14.2 Å². The first-order chi connectivity index (χ1) is 17.3. The first kappa shape index (κ1) is 24.9. The second-order valence-electron chi connectivity index (χ2n) is 7.85. The zero-order chi connectivity index (χ0) is 26.0. The van der Waals surface area contributed by atoms with Crippen molar-refractivity contribution in [1.29, 1.82) is 0 Å². The molecule has 2 aromatic carbocycles. The summed E-state index contributed by atoms with van der Waals surface area (Å²) in [6.07, 6.45) is 1.77. The van der Waals surface area contributed by atoms with Crippen LogP contribution >= 0.6 is 11.3 Å². The van der Waals surface area contributed by atoms with Gasteiger partial charge in [-0.15, -0.1) is 0 Å². The molecule has 186 valence electrons. The molecular weight excluding hydrogens is 484 g/mol. The Kier molecular flexibility index (Phi) is 7.07. The van der Waals surface area contributed by atoms with Gasteiger partial charge in [-0.05, 0) is 48.4 Å². The summed E-state index contributed by atoms with van der Waals surface area (Å²) in [7, 11) is 4.30. The standard InChI is InChI=1S/C26H24N2O7S/c1-14-22(25(31)34-5)23(17-8-11-19(35-15(2)29)20(13-17)33-4)28-24(30)21(36-26(28)27-14)12-16-6-9-18(32-3)10-7-16/h6-13,23H,1-5H3/b21-12+/t23-/m0/s1. The fraction of sp³-hybridized carbons (Fsp3) is 0.231. The van der Waals surface area contributed by atoms with Gasteiger partial charge in [-0.1, -0.05) is 29.5 Å². The van der Waals surface area contributed by atoms with E-state index in [0.29, 0.717) is 26.3 Å². The maximum atomic E-state index is 13.6. The average molecular weight is 509 g/mol. The molecule has 0 bridgehead atoms. The molecule has 0 N–H and O–H groups in total. The van der Waals surface area contributed by atoms with Gasteiger partial charge in [-0.2, -0.15) is 0 Å². The normalized spacial score (nSPS) is 15.1. The fourth-order valence-corrected chi connectivity index (χ4v) is 5.00. The van der Waals surface area contributed by atoms with E-state index in [1.165, 1.54) is 37.0 Å². The van der Waals surface area contributed by atoms with Crippen molar-refractivity contribution in [1.82, 2.24) is 4.57 Å². The lowest BCUT2D eigenvalue weighted by atomic mass is 9.95. The number of carbonyl (C=O) groups excluding carboxylic acids is 2. The number of ether oxygens (including phenoxy) is 4. The van der Waals surface area contributed by atoms with Gasteiger partial charge < -0.3 is 18.9 Å². The Morgan fingerprint density at radius 3 is 2.36 bits per heavy atom. The second-order valence-corrected chi connectivity index (χ2v) is 8.86. The number of hydrogen-bond acceptors (Lipinski definition) is 9. The van der Waals surface area contributed by atoms with E-state index in [1.54, 1.807) is 38.3 Å². The summed E-state index contributed by atoms with van der Waals surface area (Å²) < 4.78 is 22.8. The number of rotatable bonds is 6. The summed E-state index contributed by atoms with van der Waals surface area (Å²) in [6, 6.07) is 11.3. The van der Waals surface area contributed by atoms with Gasteiger partial charge in [-0.25, -0.2) is 9.79 Å². The van der Waals surface area contributed by atoms with Crippen LogP contribution in [0.1, 0.15) is 31.0 Å². The molecular formula is C26H24N2O7S. The molecule has 0 radical (unpaired) electrons. The predicted octanol–water partition coefficient (Wildman–Crippen LogP) is 2.35. The van der Waals surface area contributed by atoms with Crippen molar-refractivity contribution in [2.75, 3.05) is 21.3 Å². The van der Waals surface area contributed by atoms with Crippen molar-refractivity contribution in [3.8, 4) is 17.2 Å². The van der Waals surface area contributed by atoms with Gasteiger partial charge >= 0.3 is 11.9 Å². The number of methoxy groups -OCH3 is 3. The third-order valence-corrected chi connectivity index (χ3v) is 6.58. The number of thiazole rings is 1. The molecule has 1 aliphatic heterocycles. The van der Waals surface area contributed by atoms with Crippen LogP contribution in [0.15, 0.2) is 63.5 Å². The van der Waals surface area contributed by atoms with E-state index in [4.69, 9.17) is 18.9 Å². The minimum Gasteiger partial charge on any atom is -0.497 e. The van der Waals surface area contributed by atoms with Crippen LogP contribution in [0.5, 0.6) is 17.2 Å². The molecule has 1 atom stereocenters. The van der Waals surface area contributed by atoms with E-state index in [2.05, 4.69) is 4.99 Å². The van der Waals surface area contributed by atoms with E-state index in [1.807, 2.05) is 24.3 Å². The molecule has 3 aromatic rings. The highest BCUT2D eigenvalue weighted by Gasteiger charge is 2.33. The summed E-state index contributed by atoms with van der Waals surface area (Å²) >= 11 is 1.22. The van der Waals surface area contributed by atoms with Crippen molar-refractivity contribution in [2.45, 2.75) is 19.9 Å². The summed E-state index contributed by atoms with van der Waals surface area (Å²) in [4.78, 5) is 42.9. The largest absolute Gasteiger partial charge is 0.497 e. The van der Waals surface area contributed by atoms with Gasteiger partial charge in [0.1, 0.15) is 5.75 Å². The number of esters is 2. The lowest BCUT2D eigenvalue weighted by Gasteiger charge is -2.25. The molecule has 0 fully saturated rings. The molecule has 4 rings (SSSR count). The number of hydrogen-bond donors (Lipinski definition) is 0. The molecule has 36 heavy (non-hydrogen) atoms. The summed E-state index contributed by atoms with van der Waals surface area (Å²) in [5.74, 6) is 0.105. The van der Waals surface area contributed by atoms with E-state index < -0.39 is 18.0 Å². The van der Waals surface area contributed by atoms with E-state index in [0.717, 1.165) is 5.56 Å². The Labute approximate surface area is 210 Å².